The van der Waals surface area contributed by atoms with E-state index in [1.54, 1.807) is 12.1 Å². The van der Waals surface area contributed by atoms with E-state index in [1.807, 2.05) is 41.3 Å². The van der Waals surface area contributed by atoms with Crippen molar-refractivity contribution in [1.29, 1.82) is 0 Å². The van der Waals surface area contributed by atoms with Crippen molar-refractivity contribution in [1.82, 2.24) is 4.90 Å². The molecular formula is C21H20Cl2N2O3. The van der Waals surface area contributed by atoms with Gasteiger partial charge in [0.2, 0.25) is 5.91 Å². The fraction of sp³-hybridized carbons (Fsp3) is 0.333. The molecule has 7 heteroatoms. The monoisotopic (exact) mass is 418 g/mol. The number of rotatable bonds is 3. The van der Waals surface area contributed by atoms with Crippen molar-refractivity contribution in [2.45, 2.75) is 12.5 Å². The predicted octanol–water partition coefficient (Wildman–Crippen LogP) is 3.95. The van der Waals surface area contributed by atoms with Gasteiger partial charge in [0.15, 0.2) is 0 Å². The Labute approximate surface area is 173 Å². The number of carbonyl (C=O) groups is 2. The number of amides is 1. The number of halogens is 2. The van der Waals surface area contributed by atoms with Gasteiger partial charge in [0.05, 0.1) is 12.3 Å². The lowest BCUT2D eigenvalue weighted by Gasteiger charge is -2.37. The molecule has 2 aromatic carbocycles. The zero-order valence-electron chi connectivity index (χ0n) is 15.2. The summed E-state index contributed by atoms with van der Waals surface area (Å²) in [5.41, 5.74) is 1.89. The van der Waals surface area contributed by atoms with Gasteiger partial charge in [0.1, 0.15) is 6.10 Å². The minimum atomic E-state index is -0.549. The summed E-state index contributed by atoms with van der Waals surface area (Å²) in [4.78, 5) is 29.1. The third kappa shape index (κ3) is 3.96. The van der Waals surface area contributed by atoms with Crippen LogP contribution in [0.15, 0.2) is 48.5 Å². The number of esters is 1. The van der Waals surface area contributed by atoms with E-state index >= 15 is 0 Å². The van der Waals surface area contributed by atoms with E-state index in [-0.39, 0.29) is 18.3 Å². The largest absolute Gasteiger partial charge is 0.457 e. The van der Waals surface area contributed by atoms with Crippen molar-refractivity contribution in [3.05, 3.63) is 64.1 Å². The third-order valence-corrected chi connectivity index (χ3v) is 5.81. The second-order valence-electron chi connectivity index (χ2n) is 7.06. The first-order valence-corrected chi connectivity index (χ1v) is 10.0. The third-order valence-electron chi connectivity index (χ3n) is 5.31. The van der Waals surface area contributed by atoms with Crippen LogP contribution in [-0.4, -0.2) is 43.0 Å². The number of benzene rings is 2. The zero-order valence-corrected chi connectivity index (χ0v) is 16.7. The van der Waals surface area contributed by atoms with E-state index in [9.17, 15) is 9.59 Å². The topological polar surface area (TPSA) is 49.9 Å². The second kappa shape index (κ2) is 8.02. The number of carbonyl (C=O) groups excluding carboxylic acids is 2. The van der Waals surface area contributed by atoms with Crippen LogP contribution in [0.5, 0.6) is 0 Å². The Balaban J connectivity index is 1.43. The van der Waals surface area contributed by atoms with Gasteiger partial charge >= 0.3 is 5.97 Å². The molecule has 0 spiro atoms. The number of hydrogen-bond acceptors (Lipinski definition) is 4. The number of piperazine rings is 1. The molecule has 5 nitrogen and oxygen atoms in total. The van der Waals surface area contributed by atoms with E-state index in [4.69, 9.17) is 27.9 Å². The first-order chi connectivity index (χ1) is 13.5. The molecule has 2 heterocycles. The summed E-state index contributed by atoms with van der Waals surface area (Å²) < 4.78 is 5.46. The molecule has 0 N–H and O–H groups in total. The van der Waals surface area contributed by atoms with Crippen molar-refractivity contribution in [3.8, 4) is 0 Å². The van der Waals surface area contributed by atoms with Crippen LogP contribution < -0.4 is 4.90 Å². The van der Waals surface area contributed by atoms with Crippen LogP contribution in [0.25, 0.3) is 0 Å². The van der Waals surface area contributed by atoms with Crippen LogP contribution in [0.3, 0.4) is 0 Å². The lowest BCUT2D eigenvalue weighted by molar-refractivity contribution is -0.142. The smallest absolute Gasteiger partial charge is 0.307 e. The molecule has 0 aliphatic carbocycles. The van der Waals surface area contributed by atoms with Gasteiger partial charge in [-0.15, -0.1) is 0 Å². The van der Waals surface area contributed by atoms with Crippen molar-refractivity contribution in [3.63, 3.8) is 0 Å². The maximum absolute atomic E-state index is 13.1. The molecule has 0 aromatic heterocycles. The predicted molar refractivity (Wildman–Crippen MR) is 109 cm³/mol. The molecule has 0 radical (unpaired) electrons. The standard InChI is InChI=1S/C21H20Cl2N2O3/c22-15-3-1-14(2-4-15)20-18(13-19(26)28-20)21(27)25-11-9-24(10-12-25)17-7-5-16(23)6-8-17/h1-8,18,20H,9-13H2/t18-,20+/m0/s1. The summed E-state index contributed by atoms with van der Waals surface area (Å²) in [5, 5.41) is 1.31. The number of cyclic esters (lactones) is 1. The average Bonchev–Trinajstić information content (AvgIpc) is 3.10. The molecule has 4 rings (SSSR count). The molecular weight excluding hydrogens is 399 g/mol. The van der Waals surface area contributed by atoms with E-state index in [1.165, 1.54) is 0 Å². The Morgan fingerprint density at radius 3 is 2.07 bits per heavy atom. The summed E-state index contributed by atoms with van der Waals surface area (Å²) in [6.45, 7) is 2.69. The minimum Gasteiger partial charge on any atom is -0.457 e. The fourth-order valence-electron chi connectivity index (χ4n) is 3.80. The van der Waals surface area contributed by atoms with Crippen LogP contribution in [-0.2, 0) is 14.3 Å². The quantitative estimate of drug-likeness (QED) is 0.708. The molecule has 28 heavy (non-hydrogen) atoms. The van der Waals surface area contributed by atoms with E-state index in [0.717, 1.165) is 24.3 Å². The molecule has 2 saturated heterocycles. The van der Waals surface area contributed by atoms with Gasteiger partial charge < -0.3 is 14.5 Å². The highest BCUT2D eigenvalue weighted by Gasteiger charge is 2.43. The van der Waals surface area contributed by atoms with Crippen LogP contribution in [0.2, 0.25) is 10.0 Å². The maximum Gasteiger partial charge on any atom is 0.307 e. The van der Waals surface area contributed by atoms with Gasteiger partial charge in [-0.1, -0.05) is 35.3 Å². The van der Waals surface area contributed by atoms with Crippen molar-refractivity contribution >= 4 is 40.8 Å². The average molecular weight is 419 g/mol. The molecule has 1 amide bonds. The van der Waals surface area contributed by atoms with Gasteiger partial charge in [0.25, 0.3) is 0 Å². The summed E-state index contributed by atoms with van der Waals surface area (Å²) in [6, 6.07) is 14.8. The van der Waals surface area contributed by atoms with Gasteiger partial charge in [0, 0.05) is 41.9 Å². The Morgan fingerprint density at radius 2 is 1.46 bits per heavy atom. The molecule has 0 bridgehead atoms. The summed E-state index contributed by atoms with van der Waals surface area (Å²) >= 11 is 11.9. The molecule has 2 aliphatic heterocycles. The summed E-state index contributed by atoms with van der Waals surface area (Å²) in [6.07, 6.45) is -0.435. The Kier molecular flexibility index (Phi) is 5.47. The minimum absolute atomic E-state index is 0.0263. The SMILES string of the molecule is O=C1C[C@H](C(=O)N2CCN(c3ccc(Cl)cc3)CC2)[C@@H](c2ccc(Cl)cc2)O1. The Bertz CT molecular complexity index is 862. The number of anilines is 1. The maximum atomic E-state index is 13.1. The van der Waals surface area contributed by atoms with Crippen LogP contribution in [0, 0.1) is 5.92 Å². The summed E-state index contributed by atoms with van der Waals surface area (Å²) in [7, 11) is 0. The molecule has 2 aromatic rings. The van der Waals surface area contributed by atoms with E-state index in [0.29, 0.717) is 23.1 Å². The van der Waals surface area contributed by atoms with Crippen molar-refractivity contribution in [2.75, 3.05) is 31.1 Å². The summed E-state index contributed by atoms with van der Waals surface area (Å²) in [5.74, 6) is -0.851. The first kappa shape index (κ1) is 19.1. The van der Waals surface area contributed by atoms with Gasteiger partial charge in [-0.3, -0.25) is 9.59 Å². The van der Waals surface area contributed by atoms with Gasteiger partial charge in [-0.25, -0.2) is 0 Å². The molecule has 0 saturated carbocycles. The zero-order chi connectivity index (χ0) is 19.7. The van der Waals surface area contributed by atoms with E-state index in [2.05, 4.69) is 4.90 Å². The number of hydrogen-bond donors (Lipinski definition) is 0. The van der Waals surface area contributed by atoms with Crippen LogP contribution >= 0.6 is 23.2 Å². The lowest BCUT2D eigenvalue weighted by Crippen LogP contribution is -2.50. The van der Waals surface area contributed by atoms with Gasteiger partial charge in [-0.05, 0) is 42.0 Å². The van der Waals surface area contributed by atoms with Crippen LogP contribution in [0.1, 0.15) is 18.1 Å². The normalized spacial score (nSPS) is 22.3. The lowest BCUT2D eigenvalue weighted by atomic mass is 9.93. The van der Waals surface area contributed by atoms with Crippen molar-refractivity contribution < 1.29 is 14.3 Å². The molecule has 2 aliphatic rings. The number of ether oxygens (including phenoxy) is 1. The molecule has 146 valence electrons. The van der Waals surface area contributed by atoms with Crippen LogP contribution in [0.4, 0.5) is 5.69 Å². The Morgan fingerprint density at radius 1 is 0.893 bits per heavy atom. The highest BCUT2D eigenvalue weighted by molar-refractivity contribution is 6.30. The van der Waals surface area contributed by atoms with E-state index < -0.39 is 12.0 Å². The van der Waals surface area contributed by atoms with Gasteiger partial charge in [-0.2, -0.15) is 0 Å². The second-order valence-corrected chi connectivity index (χ2v) is 7.93. The molecule has 2 fully saturated rings. The fourth-order valence-corrected chi connectivity index (χ4v) is 4.05. The molecule has 0 unspecified atom stereocenters. The van der Waals surface area contributed by atoms with Crippen molar-refractivity contribution in [2.24, 2.45) is 5.92 Å². The first-order valence-electron chi connectivity index (χ1n) is 9.25. The Hall–Kier alpha value is -2.24. The molecule has 2 atom stereocenters. The highest BCUT2D eigenvalue weighted by atomic mass is 35.5. The number of nitrogens with zero attached hydrogens (tertiary/aromatic N) is 2. The highest BCUT2D eigenvalue weighted by Crippen LogP contribution is 2.37.